The zero-order valence-electron chi connectivity index (χ0n) is 22.4. The summed E-state index contributed by atoms with van der Waals surface area (Å²) in [6, 6.07) is 10.4. The number of nitrogens with one attached hydrogen (secondary N) is 1. The zero-order valence-corrected chi connectivity index (χ0v) is 24.8. The van der Waals surface area contributed by atoms with E-state index in [0.29, 0.717) is 31.9 Å². The van der Waals surface area contributed by atoms with Crippen LogP contribution in [-0.2, 0) is 25.6 Å². The number of hydrogen-bond acceptors (Lipinski definition) is 6. The normalized spacial score (nSPS) is 16.3. The number of rotatable bonds is 6. The van der Waals surface area contributed by atoms with Crippen LogP contribution in [0, 0.1) is 0 Å². The molecule has 0 aromatic heterocycles. The average molecular weight is 594 g/mol. The lowest BCUT2D eigenvalue weighted by molar-refractivity contribution is -0.122. The van der Waals surface area contributed by atoms with Gasteiger partial charge in [-0.05, 0) is 52.8 Å². The van der Waals surface area contributed by atoms with Gasteiger partial charge in [0.15, 0.2) is 0 Å². The molecule has 2 aromatic carbocycles. The van der Waals surface area contributed by atoms with Crippen LogP contribution in [0.25, 0.3) is 0 Å². The van der Waals surface area contributed by atoms with Gasteiger partial charge in [0.2, 0.25) is 10.0 Å². The molecule has 0 bridgehead atoms. The number of aromatic hydroxyl groups is 1. The fourth-order valence-corrected chi connectivity index (χ4v) is 5.86. The first-order valence-corrected chi connectivity index (χ1v) is 14.5. The molecule has 0 spiro atoms. The monoisotopic (exact) mass is 592 g/mol. The lowest BCUT2D eigenvalue weighted by atomic mass is 9.78. The molecular formula is C27H37BrN4O4S. The van der Waals surface area contributed by atoms with E-state index in [2.05, 4.69) is 26.5 Å². The number of carbonyl (C=O) groups excluding carboxylic acids is 1. The maximum absolute atomic E-state index is 12.9. The Morgan fingerprint density at radius 1 is 1.00 bits per heavy atom. The second-order valence-electron chi connectivity index (χ2n) is 11.4. The molecule has 8 nitrogen and oxygen atoms in total. The van der Waals surface area contributed by atoms with Gasteiger partial charge in [0.25, 0.3) is 5.91 Å². The summed E-state index contributed by atoms with van der Waals surface area (Å²) in [6.45, 7) is 13.9. The second kappa shape index (κ2) is 11.2. The first kappa shape index (κ1) is 29.3. The minimum absolute atomic E-state index is 0.125. The van der Waals surface area contributed by atoms with Gasteiger partial charge in [-0.1, -0.05) is 57.5 Å². The van der Waals surface area contributed by atoms with Gasteiger partial charge in [-0.3, -0.25) is 9.69 Å². The fraction of sp³-hybridized carbons (Fsp3) is 0.481. The highest BCUT2D eigenvalue weighted by Gasteiger charge is 2.29. The summed E-state index contributed by atoms with van der Waals surface area (Å²) in [4.78, 5) is 14.7. The van der Waals surface area contributed by atoms with Crippen LogP contribution in [0.5, 0.6) is 5.75 Å². The molecule has 0 unspecified atom stereocenters. The van der Waals surface area contributed by atoms with Gasteiger partial charge in [-0.2, -0.15) is 9.41 Å². The van der Waals surface area contributed by atoms with Crippen molar-refractivity contribution >= 4 is 38.1 Å². The molecule has 1 amide bonds. The Morgan fingerprint density at radius 3 is 2.00 bits per heavy atom. The Balaban J connectivity index is 1.59. The van der Waals surface area contributed by atoms with Crippen LogP contribution < -0.4 is 5.43 Å². The van der Waals surface area contributed by atoms with Gasteiger partial charge in [0.1, 0.15) is 5.75 Å². The number of sulfonamides is 1. The van der Waals surface area contributed by atoms with Crippen molar-refractivity contribution in [3.8, 4) is 5.75 Å². The standard InChI is InChI=1S/C27H37BrN4O4S/c1-26(2,3)22-15-19(16-23(25(22)34)27(4,5)6)17-29-30-24(33)18-31-11-13-32(14-12-31)37(35,36)21-9-7-20(28)8-10-21/h7-10,15-17,34H,11-14,18H2,1-6H3,(H,30,33)/b29-17-. The van der Waals surface area contributed by atoms with Gasteiger partial charge >= 0.3 is 0 Å². The van der Waals surface area contributed by atoms with Crippen LogP contribution in [0.2, 0.25) is 0 Å². The van der Waals surface area contributed by atoms with Gasteiger partial charge in [0.05, 0.1) is 17.7 Å². The van der Waals surface area contributed by atoms with E-state index in [4.69, 9.17) is 0 Å². The summed E-state index contributed by atoms with van der Waals surface area (Å²) in [7, 11) is -3.56. The van der Waals surface area contributed by atoms with Crippen molar-refractivity contribution in [2.45, 2.75) is 57.3 Å². The number of amides is 1. The van der Waals surface area contributed by atoms with Crippen molar-refractivity contribution in [3.63, 3.8) is 0 Å². The summed E-state index contributed by atoms with van der Waals surface area (Å²) in [5.41, 5.74) is 4.49. The highest BCUT2D eigenvalue weighted by atomic mass is 79.9. The molecule has 1 saturated heterocycles. The largest absolute Gasteiger partial charge is 0.507 e. The van der Waals surface area contributed by atoms with Crippen molar-refractivity contribution in [1.82, 2.24) is 14.6 Å². The van der Waals surface area contributed by atoms with Crippen molar-refractivity contribution in [3.05, 3.63) is 57.6 Å². The van der Waals surface area contributed by atoms with Gasteiger partial charge < -0.3 is 5.11 Å². The summed E-state index contributed by atoms with van der Waals surface area (Å²) >= 11 is 3.32. The van der Waals surface area contributed by atoms with Crippen molar-refractivity contribution < 1.29 is 18.3 Å². The molecule has 2 N–H and O–H groups in total. The van der Waals surface area contributed by atoms with Crippen molar-refractivity contribution in [2.75, 3.05) is 32.7 Å². The van der Waals surface area contributed by atoms with Crippen molar-refractivity contribution in [2.24, 2.45) is 5.10 Å². The number of nitrogens with zero attached hydrogens (tertiary/aromatic N) is 3. The summed E-state index contributed by atoms with van der Waals surface area (Å²) in [5, 5.41) is 15.0. The van der Waals surface area contributed by atoms with E-state index in [9.17, 15) is 18.3 Å². The van der Waals surface area contributed by atoms with Crippen LogP contribution in [0.1, 0.15) is 58.2 Å². The van der Waals surface area contributed by atoms with Crippen LogP contribution in [0.4, 0.5) is 0 Å². The van der Waals surface area contributed by atoms with Crippen LogP contribution >= 0.6 is 15.9 Å². The molecule has 1 aliphatic heterocycles. The zero-order chi connectivity index (χ0) is 27.6. The molecule has 0 atom stereocenters. The quantitative estimate of drug-likeness (QED) is 0.386. The predicted octanol–water partition coefficient (Wildman–Crippen LogP) is 4.21. The number of phenolic OH excluding ortho intramolecular Hbond substituents is 1. The molecule has 0 saturated carbocycles. The molecular weight excluding hydrogens is 556 g/mol. The lowest BCUT2D eigenvalue weighted by Crippen LogP contribution is -2.50. The van der Waals surface area contributed by atoms with Gasteiger partial charge in [-0.25, -0.2) is 13.8 Å². The fourth-order valence-electron chi connectivity index (χ4n) is 4.18. The van der Waals surface area contributed by atoms with E-state index in [1.807, 2.05) is 58.6 Å². The van der Waals surface area contributed by atoms with Crippen LogP contribution in [0.3, 0.4) is 0 Å². The third-order valence-corrected chi connectivity index (χ3v) is 8.74. The first-order valence-electron chi connectivity index (χ1n) is 12.3. The molecule has 1 aliphatic rings. The molecule has 3 rings (SSSR count). The highest BCUT2D eigenvalue weighted by Crippen LogP contribution is 2.39. The molecule has 2 aromatic rings. The summed E-state index contributed by atoms with van der Waals surface area (Å²) in [6.07, 6.45) is 1.59. The minimum atomic E-state index is -3.56. The van der Waals surface area contributed by atoms with E-state index in [1.54, 1.807) is 30.5 Å². The second-order valence-corrected chi connectivity index (χ2v) is 14.2. The third kappa shape index (κ3) is 7.40. The number of hydrogen-bond donors (Lipinski definition) is 2. The number of piperazine rings is 1. The third-order valence-electron chi connectivity index (χ3n) is 6.30. The van der Waals surface area contributed by atoms with Crippen LogP contribution in [-0.4, -0.2) is 67.6 Å². The SMILES string of the molecule is CC(C)(C)c1cc(/C=N\NC(=O)CN2CCN(S(=O)(=O)c3ccc(Br)cc3)CC2)cc(C(C)(C)C)c1O. The van der Waals surface area contributed by atoms with E-state index >= 15 is 0 Å². The number of hydrazone groups is 1. The Labute approximate surface area is 228 Å². The maximum atomic E-state index is 12.9. The van der Waals surface area contributed by atoms with E-state index in [1.165, 1.54) is 4.31 Å². The minimum Gasteiger partial charge on any atom is -0.507 e. The van der Waals surface area contributed by atoms with E-state index < -0.39 is 10.0 Å². The molecule has 0 radical (unpaired) electrons. The number of benzene rings is 2. The van der Waals surface area contributed by atoms with Gasteiger partial charge in [-0.15, -0.1) is 0 Å². The average Bonchev–Trinajstić information content (AvgIpc) is 2.79. The first-order chi connectivity index (χ1) is 17.1. The molecule has 0 aliphatic carbocycles. The lowest BCUT2D eigenvalue weighted by Gasteiger charge is -2.33. The maximum Gasteiger partial charge on any atom is 0.254 e. The van der Waals surface area contributed by atoms with E-state index in [-0.39, 0.29) is 28.2 Å². The Hall–Kier alpha value is -2.27. The molecule has 37 heavy (non-hydrogen) atoms. The van der Waals surface area contributed by atoms with Gasteiger partial charge in [0, 0.05) is 41.8 Å². The number of carbonyl (C=O) groups is 1. The topological polar surface area (TPSA) is 102 Å². The molecule has 1 fully saturated rings. The highest BCUT2D eigenvalue weighted by molar-refractivity contribution is 9.10. The van der Waals surface area contributed by atoms with Crippen molar-refractivity contribution in [1.29, 1.82) is 0 Å². The van der Waals surface area contributed by atoms with E-state index in [0.717, 1.165) is 21.2 Å². The predicted molar refractivity (Wildman–Crippen MR) is 151 cm³/mol. The Morgan fingerprint density at radius 2 is 1.51 bits per heavy atom. The Bertz CT molecular complexity index is 1220. The molecule has 202 valence electrons. The number of phenols is 1. The van der Waals surface area contributed by atoms with Crippen LogP contribution in [0.15, 0.2) is 50.9 Å². The Kier molecular flexibility index (Phi) is 8.89. The smallest absolute Gasteiger partial charge is 0.254 e. The molecule has 1 heterocycles. The number of halogens is 1. The summed E-state index contributed by atoms with van der Waals surface area (Å²) in [5.74, 6) is 0.0220. The summed E-state index contributed by atoms with van der Waals surface area (Å²) < 4.78 is 28.0. The molecule has 10 heteroatoms.